The van der Waals surface area contributed by atoms with Gasteiger partial charge in [0, 0.05) is 16.0 Å². The lowest BCUT2D eigenvalue weighted by molar-refractivity contribution is 0.521. The average molecular weight is 355 g/mol. The van der Waals surface area contributed by atoms with E-state index >= 15 is 0 Å². The van der Waals surface area contributed by atoms with Gasteiger partial charge in [-0.1, -0.05) is 66.2 Å². The van der Waals surface area contributed by atoms with Crippen LogP contribution in [-0.4, -0.2) is 9.28 Å². The fraction of sp³-hybridized carbons (Fsp3) is 0.130. The average Bonchev–Trinajstić information content (AvgIpc) is 3.06. The Hall–Kier alpha value is -2.78. The van der Waals surface area contributed by atoms with Crippen LogP contribution in [0.3, 0.4) is 0 Å². The third-order valence-corrected chi connectivity index (χ3v) is 7.09. The standard InChI is InChI=1S/C23H19O2Si/c1-14-12-15(2)23(16(3)13-14)26-24-21-19-10-6-4-8-17(19)18-9-5-7-11-20(18)22(21)25-26/h4-13H,1-3H3. The van der Waals surface area contributed by atoms with E-state index in [0.29, 0.717) is 0 Å². The zero-order valence-electron chi connectivity index (χ0n) is 15.1. The molecule has 0 aliphatic carbocycles. The Bertz CT molecular complexity index is 1090. The quantitative estimate of drug-likeness (QED) is 0.350. The third kappa shape index (κ3) is 2.17. The molecule has 0 bridgehead atoms. The maximum absolute atomic E-state index is 6.50. The van der Waals surface area contributed by atoms with E-state index in [1.807, 2.05) is 0 Å². The zero-order valence-corrected chi connectivity index (χ0v) is 16.1. The van der Waals surface area contributed by atoms with Crippen molar-refractivity contribution in [3.05, 3.63) is 77.4 Å². The van der Waals surface area contributed by atoms with Gasteiger partial charge in [0.05, 0.1) is 0 Å². The Morgan fingerprint density at radius 2 is 1.04 bits per heavy atom. The number of rotatable bonds is 1. The molecular weight excluding hydrogens is 336 g/mol. The van der Waals surface area contributed by atoms with E-state index in [4.69, 9.17) is 8.85 Å². The van der Waals surface area contributed by atoms with Gasteiger partial charge < -0.3 is 8.85 Å². The van der Waals surface area contributed by atoms with E-state index in [1.165, 1.54) is 32.6 Å². The van der Waals surface area contributed by atoms with E-state index in [0.717, 1.165) is 22.3 Å². The van der Waals surface area contributed by atoms with Crippen molar-refractivity contribution in [1.82, 2.24) is 0 Å². The van der Waals surface area contributed by atoms with Gasteiger partial charge >= 0.3 is 9.28 Å². The minimum Gasteiger partial charge on any atom is -0.503 e. The molecule has 2 nitrogen and oxygen atoms in total. The lowest BCUT2D eigenvalue weighted by Crippen LogP contribution is -2.42. The van der Waals surface area contributed by atoms with Gasteiger partial charge in [-0.05, 0) is 42.7 Å². The van der Waals surface area contributed by atoms with E-state index < -0.39 is 9.28 Å². The molecule has 0 aromatic heterocycles. The normalized spacial score (nSPS) is 13.7. The van der Waals surface area contributed by atoms with Gasteiger partial charge in [0.25, 0.3) is 0 Å². The van der Waals surface area contributed by atoms with E-state index in [2.05, 4.69) is 81.4 Å². The number of fused-ring (bicyclic) bond motifs is 6. The summed E-state index contributed by atoms with van der Waals surface area (Å²) in [6.07, 6.45) is 0. The molecule has 5 rings (SSSR count). The summed E-state index contributed by atoms with van der Waals surface area (Å²) in [5, 5.41) is 5.91. The van der Waals surface area contributed by atoms with Gasteiger partial charge in [0.1, 0.15) is 0 Å². The smallest absolute Gasteiger partial charge is 0.503 e. The first-order chi connectivity index (χ1) is 12.6. The fourth-order valence-electron chi connectivity index (χ4n) is 4.09. The van der Waals surface area contributed by atoms with E-state index in [1.54, 1.807) is 0 Å². The summed E-state index contributed by atoms with van der Waals surface area (Å²) in [4.78, 5) is 0. The summed E-state index contributed by atoms with van der Waals surface area (Å²) >= 11 is 0. The summed E-state index contributed by atoms with van der Waals surface area (Å²) in [5.74, 6) is 1.79. The van der Waals surface area contributed by atoms with E-state index in [9.17, 15) is 0 Å². The topological polar surface area (TPSA) is 18.5 Å². The number of hydrogen-bond acceptors (Lipinski definition) is 2. The Morgan fingerprint density at radius 1 is 0.615 bits per heavy atom. The largest absolute Gasteiger partial charge is 0.573 e. The molecule has 0 fully saturated rings. The lowest BCUT2D eigenvalue weighted by Gasteiger charge is -2.13. The maximum atomic E-state index is 6.50. The number of hydrogen-bond donors (Lipinski definition) is 0. The predicted molar refractivity (Wildman–Crippen MR) is 109 cm³/mol. The van der Waals surface area contributed by atoms with Crippen LogP contribution < -0.4 is 14.0 Å². The molecule has 1 aliphatic heterocycles. The maximum Gasteiger partial charge on any atom is 0.573 e. The van der Waals surface area contributed by atoms with Crippen LogP contribution in [0.25, 0.3) is 21.5 Å². The second-order valence-corrected chi connectivity index (χ2v) is 8.50. The van der Waals surface area contributed by atoms with Crippen molar-refractivity contribution in [2.24, 2.45) is 0 Å². The van der Waals surface area contributed by atoms with Crippen LogP contribution in [0.1, 0.15) is 16.7 Å². The van der Waals surface area contributed by atoms with Gasteiger partial charge in [-0.15, -0.1) is 0 Å². The monoisotopic (exact) mass is 355 g/mol. The summed E-state index contributed by atoms with van der Waals surface area (Å²) < 4.78 is 13.0. The zero-order chi connectivity index (χ0) is 17.8. The molecule has 0 N–H and O–H groups in total. The van der Waals surface area contributed by atoms with Crippen LogP contribution >= 0.6 is 0 Å². The first-order valence-corrected chi connectivity index (χ1v) is 10.2. The second kappa shape index (κ2) is 5.61. The van der Waals surface area contributed by atoms with Gasteiger partial charge in [0.2, 0.25) is 0 Å². The molecule has 4 aromatic carbocycles. The Morgan fingerprint density at radius 3 is 1.50 bits per heavy atom. The van der Waals surface area contributed by atoms with Crippen LogP contribution in [0.5, 0.6) is 11.5 Å². The van der Waals surface area contributed by atoms with Crippen LogP contribution in [0, 0.1) is 20.8 Å². The van der Waals surface area contributed by atoms with Gasteiger partial charge in [0.15, 0.2) is 11.5 Å². The Kier molecular flexibility index (Phi) is 3.34. The highest BCUT2D eigenvalue weighted by Crippen LogP contribution is 2.46. The minimum absolute atomic E-state index is 0.896. The van der Waals surface area contributed by atoms with Crippen LogP contribution in [0.2, 0.25) is 0 Å². The third-order valence-electron chi connectivity index (χ3n) is 5.11. The molecule has 3 heteroatoms. The molecule has 0 atom stereocenters. The number of benzene rings is 4. The van der Waals surface area contributed by atoms with Crippen LogP contribution in [-0.2, 0) is 0 Å². The van der Waals surface area contributed by atoms with Crippen molar-refractivity contribution in [3.63, 3.8) is 0 Å². The summed E-state index contributed by atoms with van der Waals surface area (Å²) in [7, 11) is -1.60. The molecule has 1 heterocycles. The van der Waals surface area contributed by atoms with Crippen LogP contribution in [0.15, 0.2) is 60.7 Å². The molecule has 127 valence electrons. The SMILES string of the molecule is Cc1cc(C)c([Si]2Oc3c(c4ccccc4c4ccccc34)O2)c(C)c1. The van der Waals surface area contributed by atoms with Crippen molar-refractivity contribution in [3.8, 4) is 11.5 Å². The first kappa shape index (κ1) is 15.5. The van der Waals surface area contributed by atoms with Crippen LogP contribution in [0.4, 0.5) is 0 Å². The van der Waals surface area contributed by atoms with Crippen molar-refractivity contribution >= 4 is 36.0 Å². The van der Waals surface area contributed by atoms with Crippen molar-refractivity contribution < 1.29 is 8.85 Å². The molecule has 26 heavy (non-hydrogen) atoms. The molecule has 0 saturated heterocycles. The highest BCUT2D eigenvalue weighted by molar-refractivity contribution is 6.65. The molecule has 0 amide bonds. The molecule has 4 aromatic rings. The van der Waals surface area contributed by atoms with Crippen molar-refractivity contribution in [1.29, 1.82) is 0 Å². The van der Waals surface area contributed by atoms with Crippen molar-refractivity contribution in [2.45, 2.75) is 20.8 Å². The highest BCUT2D eigenvalue weighted by atomic mass is 28.3. The lowest BCUT2D eigenvalue weighted by atomic mass is 10.0. The summed E-state index contributed by atoms with van der Waals surface area (Å²) in [5.41, 5.74) is 3.77. The molecule has 1 radical (unpaired) electrons. The highest BCUT2D eigenvalue weighted by Gasteiger charge is 2.37. The molecular formula is C23H19O2Si. The molecule has 0 spiro atoms. The van der Waals surface area contributed by atoms with Crippen molar-refractivity contribution in [2.75, 3.05) is 0 Å². The summed E-state index contributed by atoms with van der Waals surface area (Å²) in [6.45, 7) is 6.44. The van der Waals surface area contributed by atoms with E-state index in [-0.39, 0.29) is 0 Å². The van der Waals surface area contributed by atoms with Gasteiger partial charge in [-0.25, -0.2) is 0 Å². The van der Waals surface area contributed by atoms with Gasteiger partial charge in [-0.2, -0.15) is 0 Å². The molecule has 1 aliphatic rings. The molecule has 0 saturated carbocycles. The predicted octanol–water partition coefficient (Wildman–Crippen LogP) is 5.08. The second-order valence-electron chi connectivity index (χ2n) is 7.01. The Balaban J connectivity index is 1.76. The first-order valence-electron chi connectivity index (χ1n) is 8.88. The molecule has 0 unspecified atom stereocenters. The summed E-state index contributed by atoms with van der Waals surface area (Å²) in [6, 6.07) is 21.3. The number of aryl methyl sites for hydroxylation is 3. The fourth-order valence-corrected chi connectivity index (χ4v) is 5.90. The Labute approximate surface area is 154 Å². The van der Waals surface area contributed by atoms with Gasteiger partial charge in [-0.3, -0.25) is 0 Å². The minimum atomic E-state index is -1.60.